The predicted octanol–water partition coefficient (Wildman–Crippen LogP) is 5.24. The minimum Gasteiger partial charge on any atom is -0.381 e. The Morgan fingerprint density at radius 1 is 1.03 bits per heavy atom. The minimum absolute atomic E-state index is 0.0342. The number of nitrogens with one attached hydrogen (secondary N) is 3. The fraction of sp³-hybridized carbons (Fsp3) is 0.286. The summed E-state index contributed by atoms with van der Waals surface area (Å²) in [6.07, 6.45) is 8.47. The van der Waals surface area contributed by atoms with Crippen molar-refractivity contribution in [3.05, 3.63) is 90.0 Å². The second-order valence-corrected chi connectivity index (χ2v) is 9.74. The molecule has 8 heteroatoms. The molecule has 5 aromatic rings. The van der Waals surface area contributed by atoms with Crippen LogP contribution in [0.15, 0.2) is 67.1 Å². The first kappa shape index (κ1) is 21.5. The molecule has 2 aliphatic rings. The van der Waals surface area contributed by atoms with Crippen LogP contribution in [0.1, 0.15) is 42.0 Å². The molecule has 2 aromatic carbocycles. The van der Waals surface area contributed by atoms with E-state index >= 15 is 0 Å². The number of H-pyrrole nitrogens is 2. The van der Waals surface area contributed by atoms with Gasteiger partial charge in [0.2, 0.25) is 0 Å². The number of ether oxygens (including phenoxy) is 1. The second-order valence-electron chi connectivity index (χ2n) is 9.74. The molecule has 2 unspecified atom stereocenters. The lowest BCUT2D eigenvalue weighted by molar-refractivity contribution is 0.0497. The molecule has 7 rings (SSSR count). The molecule has 1 fully saturated rings. The summed E-state index contributed by atoms with van der Waals surface area (Å²) < 4.78 is 21.0. The summed E-state index contributed by atoms with van der Waals surface area (Å²) in [6.45, 7) is 1.59. The van der Waals surface area contributed by atoms with Crippen molar-refractivity contribution in [1.82, 2.24) is 30.0 Å². The number of imidazole rings is 1. The first-order valence-electron chi connectivity index (χ1n) is 12.5. The van der Waals surface area contributed by atoms with Crippen LogP contribution < -0.4 is 5.32 Å². The lowest BCUT2D eigenvalue weighted by Gasteiger charge is -2.37. The molecule has 3 aromatic heterocycles. The van der Waals surface area contributed by atoms with Gasteiger partial charge in [-0.15, -0.1) is 0 Å². The molecule has 2 aliphatic heterocycles. The molecule has 0 radical (unpaired) electrons. The summed E-state index contributed by atoms with van der Waals surface area (Å²) in [5, 5.41) is 9.56. The molecule has 182 valence electrons. The Morgan fingerprint density at radius 2 is 1.89 bits per heavy atom. The number of aromatic nitrogens is 5. The lowest BCUT2D eigenvalue weighted by atomic mass is 9.83. The number of benzene rings is 2. The molecular formula is C28H27FN6O. The van der Waals surface area contributed by atoms with E-state index in [4.69, 9.17) is 9.72 Å². The molecule has 0 saturated carbocycles. The van der Waals surface area contributed by atoms with Crippen molar-refractivity contribution in [1.29, 1.82) is 0 Å². The fourth-order valence-electron chi connectivity index (χ4n) is 5.76. The van der Waals surface area contributed by atoms with Gasteiger partial charge in [-0.3, -0.25) is 5.32 Å². The monoisotopic (exact) mass is 482 g/mol. The van der Waals surface area contributed by atoms with Crippen molar-refractivity contribution >= 4 is 10.9 Å². The predicted molar refractivity (Wildman–Crippen MR) is 135 cm³/mol. The van der Waals surface area contributed by atoms with Crippen LogP contribution in [0.25, 0.3) is 27.8 Å². The van der Waals surface area contributed by atoms with E-state index in [2.05, 4.69) is 38.6 Å². The van der Waals surface area contributed by atoms with Crippen LogP contribution in [-0.2, 0) is 11.2 Å². The number of hydrogen-bond donors (Lipinski definition) is 3. The van der Waals surface area contributed by atoms with Gasteiger partial charge in [-0.1, -0.05) is 0 Å². The molecule has 3 N–H and O–H groups in total. The molecular weight excluding hydrogens is 455 g/mol. The standard InChI is InChI=1S/C28H27FN6O/c29-19-4-2-17(3-5-19)25-16-30-28(34-25)24-15-22-21-14-20(35-11-1-10-31-35)6-7-23(21)32-27(22)26(33-24)18-8-12-36-13-9-18/h1-7,10-11,14,16,18,24,26,32-33H,8-9,12-13,15H2,(H,30,34). The number of halogens is 1. The molecule has 2 atom stereocenters. The largest absolute Gasteiger partial charge is 0.381 e. The smallest absolute Gasteiger partial charge is 0.124 e. The Balaban J connectivity index is 1.29. The first-order valence-corrected chi connectivity index (χ1v) is 12.5. The van der Waals surface area contributed by atoms with Gasteiger partial charge in [0, 0.05) is 42.2 Å². The maximum atomic E-state index is 13.4. The van der Waals surface area contributed by atoms with E-state index in [-0.39, 0.29) is 17.9 Å². The number of rotatable bonds is 4. The average molecular weight is 483 g/mol. The van der Waals surface area contributed by atoms with Crippen LogP contribution in [0, 0.1) is 11.7 Å². The van der Waals surface area contributed by atoms with E-state index in [0.717, 1.165) is 60.8 Å². The summed E-state index contributed by atoms with van der Waals surface area (Å²) in [5.41, 5.74) is 6.60. The number of aromatic amines is 2. The van der Waals surface area contributed by atoms with E-state index in [9.17, 15) is 4.39 Å². The highest BCUT2D eigenvalue weighted by atomic mass is 19.1. The van der Waals surface area contributed by atoms with E-state index in [0.29, 0.717) is 5.92 Å². The summed E-state index contributed by atoms with van der Waals surface area (Å²) in [4.78, 5) is 12.0. The summed E-state index contributed by atoms with van der Waals surface area (Å²) in [5.74, 6) is 1.13. The van der Waals surface area contributed by atoms with Crippen molar-refractivity contribution < 1.29 is 9.13 Å². The topological polar surface area (TPSA) is 83.6 Å². The number of nitrogens with zero attached hydrogens (tertiary/aromatic N) is 3. The van der Waals surface area contributed by atoms with Crippen molar-refractivity contribution in [2.75, 3.05) is 13.2 Å². The Hall–Kier alpha value is -3.75. The Morgan fingerprint density at radius 3 is 2.69 bits per heavy atom. The van der Waals surface area contributed by atoms with Gasteiger partial charge in [-0.25, -0.2) is 14.1 Å². The SMILES string of the molecule is Fc1ccc(-c2cnc(C3Cc4c([nH]c5ccc(-n6cccn6)cc45)C(C4CCOCC4)N3)[nH]2)cc1. The number of fused-ring (bicyclic) bond motifs is 3. The van der Waals surface area contributed by atoms with E-state index in [1.54, 1.807) is 18.3 Å². The summed E-state index contributed by atoms with van der Waals surface area (Å²) in [7, 11) is 0. The zero-order chi connectivity index (χ0) is 24.1. The maximum absolute atomic E-state index is 13.4. The molecule has 5 heterocycles. The molecule has 0 spiro atoms. The number of hydrogen-bond acceptors (Lipinski definition) is 4. The zero-order valence-electron chi connectivity index (χ0n) is 19.7. The van der Waals surface area contributed by atoms with Gasteiger partial charge in [-0.05, 0) is 84.8 Å². The third-order valence-corrected chi connectivity index (χ3v) is 7.61. The normalized spacial score (nSPS) is 20.6. The summed E-state index contributed by atoms with van der Waals surface area (Å²) in [6, 6.07) is 15.2. The van der Waals surface area contributed by atoms with Gasteiger partial charge < -0.3 is 14.7 Å². The highest BCUT2D eigenvalue weighted by Crippen LogP contribution is 2.42. The van der Waals surface area contributed by atoms with Gasteiger partial charge in [0.1, 0.15) is 11.6 Å². The molecule has 7 nitrogen and oxygen atoms in total. The Labute approximate surface area is 207 Å². The quantitative estimate of drug-likeness (QED) is 0.327. The van der Waals surface area contributed by atoms with Crippen molar-refractivity contribution in [2.45, 2.75) is 31.3 Å². The van der Waals surface area contributed by atoms with E-state index < -0.39 is 0 Å². The van der Waals surface area contributed by atoms with Crippen LogP contribution in [0.4, 0.5) is 4.39 Å². The summed E-state index contributed by atoms with van der Waals surface area (Å²) >= 11 is 0. The highest BCUT2D eigenvalue weighted by Gasteiger charge is 2.36. The van der Waals surface area contributed by atoms with E-state index in [1.165, 1.54) is 28.8 Å². The van der Waals surface area contributed by atoms with E-state index in [1.807, 2.05) is 23.1 Å². The Kier molecular flexibility index (Phi) is 5.22. The third kappa shape index (κ3) is 3.73. The highest BCUT2D eigenvalue weighted by molar-refractivity contribution is 5.87. The molecule has 0 aliphatic carbocycles. The zero-order valence-corrected chi connectivity index (χ0v) is 19.7. The van der Waals surface area contributed by atoms with Crippen LogP contribution in [0.2, 0.25) is 0 Å². The second kappa shape index (κ2) is 8.72. The van der Waals surface area contributed by atoms with Crippen molar-refractivity contribution in [3.8, 4) is 16.9 Å². The Bertz CT molecular complexity index is 1500. The average Bonchev–Trinajstić information content (AvgIpc) is 3.69. The van der Waals surface area contributed by atoms with Crippen LogP contribution >= 0.6 is 0 Å². The van der Waals surface area contributed by atoms with Gasteiger partial charge in [0.15, 0.2) is 0 Å². The third-order valence-electron chi connectivity index (χ3n) is 7.61. The van der Waals surface area contributed by atoms with Gasteiger partial charge >= 0.3 is 0 Å². The van der Waals surface area contributed by atoms with Crippen LogP contribution in [-0.4, -0.2) is 37.9 Å². The minimum atomic E-state index is -0.243. The van der Waals surface area contributed by atoms with Crippen molar-refractivity contribution in [3.63, 3.8) is 0 Å². The fourth-order valence-corrected chi connectivity index (χ4v) is 5.76. The molecule has 0 bridgehead atoms. The molecule has 1 saturated heterocycles. The van der Waals surface area contributed by atoms with Gasteiger partial charge in [0.25, 0.3) is 0 Å². The van der Waals surface area contributed by atoms with Crippen LogP contribution in [0.5, 0.6) is 0 Å². The molecule has 36 heavy (non-hydrogen) atoms. The van der Waals surface area contributed by atoms with Gasteiger partial charge in [-0.2, -0.15) is 5.10 Å². The lowest BCUT2D eigenvalue weighted by Crippen LogP contribution is -2.39. The molecule has 0 amide bonds. The van der Waals surface area contributed by atoms with Crippen molar-refractivity contribution in [2.24, 2.45) is 5.92 Å². The van der Waals surface area contributed by atoms with Crippen LogP contribution in [0.3, 0.4) is 0 Å². The maximum Gasteiger partial charge on any atom is 0.124 e. The van der Waals surface area contributed by atoms with Gasteiger partial charge in [0.05, 0.1) is 29.7 Å². The first-order chi connectivity index (χ1) is 17.7.